The highest BCUT2D eigenvalue weighted by Crippen LogP contribution is 2.29. The zero-order valence-electron chi connectivity index (χ0n) is 13.2. The van der Waals surface area contributed by atoms with Gasteiger partial charge in [-0.15, -0.1) is 0 Å². The molecule has 0 bridgehead atoms. The first-order valence-electron chi connectivity index (χ1n) is 7.53. The van der Waals surface area contributed by atoms with Gasteiger partial charge in [0.1, 0.15) is 0 Å². The van der Waals surface area contributed by atoms with Gasteiger partial charge in [0.05, 0.1) is 6.54 Å². The summed E-state index contributed by atoms with van der Waals surface area (Å²) in [6.07, 6.45) is 4.10. The molecule has 5 heteroatoms. The molecular weight excluding hydrogens is 254 g/mol. The Morgan fingerprint density at radius 3 is 2.50 bits per heavy atom. The van der Waals surface area contributed by atoms with E-state index in [1.165, 1.54) is 0 Å². The van der Waals surface area contributed by atoms with Gasteiger partial charge in [0, 0.05) is 17.5 Å². The molecule has 0 aliphatic heterocycles. The number of nitrogens with one attached hydrogen (secondary N) is 2. The van der Waals surface area contributed by atoms with Crippen LogP contribution in [0.3, 0.4) is 0 Å². The van der Waals surface area contributed by atoms with Gasteiger partial charge in [-0.3, -0.25) is 9.59 Å². The highest BCUT2D eigenvalue weighted by atomic mass is 16.2. The Morgan fingerprint density at radius 1 is 1.30 bits per heavy atom. The SMILES string of the molecule is CC(C(=O)NCC(=O)NC(C)(C)C)C1CCCC(N)C1. The molecule has 1 aliphatic carbocycles. The summed E-state index contributed by atoms with van der Waals surface area (Å²) in [4.78, 5) is 23.8. The van der Waals surface area contributed by atoms with Gasteiger partial charge in [-0.1, -0.05) is 13.3 Å². The lowest BCUT2D eigenvalue weighted by Gasteiger charge is -2.30. The van der Waals surface area contributed by atoms with Gasteiger partial charge >= 0.3 is 0 Å². The van der Waals surface area contributed by atoms with Crippen molar-refractivity contribution in [2.24, 2.45) is 17.6 Å². The Morgan fingerprint density at radius 2 is 1.95 bits per heavy atom. The summed E-state index contributed by atoms with van der Waals surface area (Å²) in [5.41, 5.74) is 5.68. The Kier molecular flexibility index (Phi) is 5.99. The minimum absolute atomic E-state index is 0.0409. The zero-order valence-corrected chi connectivity index (χ0v) is 13.2. The molecule has 2 amide bonds. The highest BCUT2D eigenvalue weighted by Gasteiger charge is 2.28. The molecule has 1 fully saturated rings. The fourth-order valence-electron chi connectivity index (χ4n) is 2.73. The van der Waals surface area contributed by atoms with E-state index < -0.39 is 0 Å². The summed E-state index contributed by atoms with van der Waals surface area (Å²) < 4.78 is 0. The zero-order chi connectivity index (χ0) is 15.3. The van der Waals surface area contributed by atoms with Crippen LogP contribution in [0.2, 0.25) is 0 Å². The molecule has 4 N–H and O–H groups in total. The average molecular weight is 283 g/mol. The molecule has 5 nitrogen and oxygen atoms in total. The average Bonchev–Trinajstić information content (AvgIpc) is 2.33. The van der Waals surface area contributed by atoms with Crippen molar-refractivity contribution in [1.29, 1.82) is 0 Å². The van der Waals surface area contributed by atoms with Crippen molar-refractivity contribution >= 4 is 11.8 Å². The van der Waals surface area contributed by atoms with Crippen LogP contribution < -0.4 is 16.4 Å². The van der Waals surface area contributed by atoms with Gasteiger partial charge in [0.25, 0.3) is 0 Å². The van der Waals surface area contributed by atoms with Crippen LogP contribution in [0.25, 0.3) is 0 Å². The number of hydrogen-bond acceptors (Lipinski definition) is 3. The molecule has 0 aromatic carbocycles. The Bertz CT molecular complexity index is 350. The maximum Gasteiger partial charge on any atom is 0.239 e. The maximum atomic E-state index is 12.1. The number of hydrogen-bond donors (Lipinski definition) is 3. The molecule has 0 aromatic heterocycles. The van der Waals surface area contributed by atoms with Crippen molar-refractivity contribution in [2.75, 3.05) is 6.54 Å². The van der Waals surface area contributed by atoms with Crippen LogP contribution >= 0.6 is 0 Å². The summed E-state index contributed by atoms with van der Waals surface area (Å²) in [5.74, 6) is 0.0553. The van der Waals surface area contributed by atoms with E-state index in [0.29, 0.717) is 5.92 Å². The Labute approximate surface area is 122 Å². The second-order valence-corrected chi connectivity index (χ2v) is 6.99. The van der Waals surface area contributed by atoms with Gasteiger partial charge < -0.3 is 16.4 Å². The first kappa shape index (κ1) is 17.0. The number of rotatable bonds is 4. The monoisotopic (exact) mass is 283 g/mol. The number of carbonyl (C=O) groups is 2. The van der Waals surface area contributed by atoms with Crippen molar-refractivity contribution in [2.45, 2.75) is 65.0 Å². The minimum Gasteiger partial charge on any atom is -0.350 e. The first-order valence-corrected chi connectivity index (χ1v) is 7.53. The van der Waals surface area contributed by atoms with E-state index in [9.17, 15) is 9.59 Å². The van der Waals surface area contributed by atoms with E-state index in [0.717, 1.165) is 25.7 Å². The molecule has 1 aliphatic rings. The fourth-order valence-corrected chi connectivity index (χ4v) is 2.73. The molecule has 0 aromatic rings. The largest absolute Gasteiger partial charge is 0.350 e. The van der Waals surface area contributed by atoms with E-state index in [-0.39, 0.29) is 35.9 Å². The van der Waals surface area contributed by atoms with Gasteiger partial charge in [-0.25, -0.2) is 0 Å². The second kappa shape index (κ2) is 7.07. The number of carbonyl (C=O) groups excluding carboxylic acids is 2. The third-order valence-electron chi connectivity index (χ3n) is 3.81. The lowest BCUT2D eigenvalue weighted by Crippen LogP contribution is -2.47. The normalized spacial score (nSPS) is 24.9. The van der Waals surface area contributed by atoms with E-state index >= 15 is 0 Å². The van der Waals surface area contributed by atoms with Crippen molar-refractivity contribution in [1.82, 2.24) is 10.6 Å². The lowest BCUT2D eigenvalue weighted by molar-refractivity contribution is -0.130. The first-order chi connectivity index (χ1) is 9.19. The van der Waals surface area contributed by atoms with Crippen molar-refractivity contribution in [3.63, 3.8) is 0 Å². The highest BCUT2D eigenvalue weighted by molar-refractivity contribution is 5.86. The van der Waals surface area contributed by atoms with E-state index in [1.807, 2.05) is 27.7 Å². The summed E-state index contributed by atoms with van der Waals surface area (Å²) in [7, 11) is 0. The van der Waals surface area contributed by atoms with Crippen LogP contribution in [0.4, 0.5) is 0 Å². The van der Waals surface area contributed by atoms with Gasteiger partial charge in [-0.05, 0) is 46.0 Å². The maximum absolute atomic E-state index is 12.1. The number of nitrogens with two attached hydrogens (primary N) is 1. The minimum atomic E-state index is -0.274. The third kappa shape index (κ3) is 5.90. The van der Waals surface area contributed by atoms with Crippen LogP contribution in [0.15, 0.2) is 0 Å². The van der Waals surface area contributed by atoms with Crippen LogP contribution in [0.1, 0.15) is 53.4 Å². The van der Waals surface area contributed by atoms with Crippen molar-refractivity contribution in [3.05, 3.63) is 0 Å². The molecule has 0 saturated heterocycles. The summed E-state index contributed by atoms with van der Waals surface area (Å²) in [6, 6.07) is 0.216. The van der Waals surface area contributed by atoms with Crippen LogP contribution in [0, 0.1) is 11.8 Å². The number of amides is 2. The summed E-state index contributed by atoms with van der Waals surface area (Å²) >= 11 is 0. The third-order valence-corrected chi connectivity index (χ3v) is 3.81. The molecule has 1 rings (SSSR count). The molecule has 116 valence electrons. The standard InChI is InChI=1S/C15H29N3O2/c1-10(11-6-5-7-12(16)8-11)14(20)17-9-13(19)18-15(2,3)4/h10-12H,5-9,16H2,1-4H3,(H,17,20)(H,18,19). The van der Waals surface area contributed by atoms with Crippen LogP contribution in [-0.2, 0) is 9.59 Å². The Hall–Kier alpha value is -1.10. The van der Waals surface area contributed by atoms with Gasteiger partial charge in [0.2, 0.25) is 11.8 Å². The Balaban J connectivity index is 2.36. The smallest absolute Gasteiger partial charge is 0.239 e. The quantitative estimate of drug-likeness (QED) is 0.724. The molecular formula is C15H29N3O2. The van der Waals surface area contributed by atoms with Crippen LogP contribution in [0.5, 0.6) is 0 Å². The molecule has 3 unspecified atom stereocenters. The molecule has 1 saturated carbocycles. The van der Waals surface area contributed by atoms with Crippen LogP contribution in [-0.4, -0.2) is 29.9 Å². The van der Waals surface area contributed by atoms with Crippen molar-refractivity contribution < 1.29 is 9.59 Å². The fraction of sp³-hybridized carbons (Fsp3) is 0.867. The topological polar surface area (TPSA) is 84.2 Å². The molecule has 0 heterocycles. The van der Waals surface area contributed by atoms with E-state index in [1.54, 1.807) is 0 Å². The molecule has 0 spiro atoms. The molecule has 0 radical (unpaired) electrons. The predicted octanol–water partition coefficient (Wildman–Crippen LogP) is 1.17. The predicted molar refractivity (Wildman–Crippen MR) is 80.0 cm³/mol. The molecule has 3 atom stereocenters. The summed E-state index contributed by atoms with van der Waals surface area (Å²) in [6.45, 7) is 7.72. The molecule has 20 heavy (non-hydrogen) atoms. The van der Waals surface area contributed by atoms with E-state index in [4.69, 9.17) is 5.73 Å². The summed E-state index contributed by atoms with van der Waals surface area (Å²) in [5, 5.41) is 5.55. The van der Waals surface area contributed by atoms with Crippen molar-refractivity contribution in [3.8, 4) is 0 Å². The lowest BCUT2D eigenvalue weighted by atomic mass is 9.78. The second-order valence-electron chi connectivity index (χ2n) is 6.99. The van der Waals surface area contributed by atoms with Gasteiger partial charge in [-0.2, -0.15) is 0 Å². The van der Waals surface area contributed by atoms with E-state index in [2.05, 4.69) is 10.6 Å². The van der Waals surface area contributed by atoms with Gasteiger partial charge in [0.15, 0.2) is 0 Å².